The fourth-order valence-electron chi connectivity index (χ4n) is 2.82. The monoisotopic (exact) mass is 401 g/mol. The molecule has 0 atom stereocenters. The van der Waals surface area contributed by atoms with E-state index >= 15 is 0 Å². The molecule has 0 spiro atoms. The normalized spacial score (nSPS) is 10.8. The zero-order chi connectivity index (χ0) is 21.2. The van der Waals surface area contributed by atoms with Gasteiger partial charge >= 0.3 is 0 Å². The number of carbonyl (C=O) groups excluding carboxylic acids is 1. The average molecular weight is 401 g/mol. The third-order valence-electron chi connectivity index (χ3n) is 4.27. The molecule has 0 bridgehead atoms. The van der Waals surface area contributed by atoms with E-state index in [0.29, 0.717) is 43.4 Å². The Kier molecular flexibility index (Phi) is 8.52. The standard InChI is InChI=1S/C23H28FNO4/c1-5-25(16-18-9-11-20(27-4)19(24)14-18)23(26)13-10-17-8-12-21(28-6-2)22(15-17)29-7-3/h8-15H,5-7,16H2,1-4H3/b13-10+. The number of ether oxygens (including phenoxy) is 3. The topological polar surface area (TPSA) is 48.0 Å². The SMILES string of the molecule is CCOc1ccc(/C=C/C(=O)N(CC)Cc2ccc(OC)c(F)c2)cc1OCC. The molecule has 29 heavy (non-hydrogen) atoms. The van der Waals surface area contributed by atoms with Gasteiger partial charge < -0.3 is 19.1 Å². The van der Waals surface area contributed by atoms with Gasteiger partial charge in [-0.2, -0.15) is 0 Å². The average Bonchev–Trinajstić information content (AvgIpc) is 2.72. The van der Waals surface area contributed by atoms with Crippen LogP contribution in [0, 0.1) is 5.82 Å². The largest absolute Gasteiger partial charge is 0.494 e. The molecule has 0 aliphatic rings. The Labute approximate surface area is 171 Å². The van der Waals surface area contributed by atoms with Gasteiger partial charge in [0.15, 0.2) is 23.1 Å². The van der Waals surface area contributed by atoms with E-state index in [1.54, 1.807) is 23.1 Å². The molecule has 0 aromatic heterocycles. The molecule has 2 aromatic rings. The van der Waals surface area contributed by atoms with Crippen molar-refractivity contribution in [3.05, 3.63) is 59.4 Å². The lowest BCUT2D eigenvalue weighted by molar-refractivity contribution is -0.126. The maximum Gasteiger partial charge on any atom is 0.246 e. The minimum atomic E-state index is -0.443. The van der Waals surface area contributed by atoms with Crippen molar-refractivity contribution in [2.75, 3.05) is 26.9 Å². The molecule has 0 aliphatic heterocycles. The Balaban J connectivity index is 2.11. The lowest BCUT2D eigenvalue weighted by atomic mass is 10.1. The molecule has 0 aliphatic carbocycles. The van der Waals surface area contributed by atoms with E-state index in [2.05, 4.69) is 0 Å². The van der Waals surface area contributed by atoms with Crippen LogP contribution < -0.4 is 14.2 Å². The summed E-state index contributed by atoms with van der Waals surface area (Å²) in [6.07, 6.45) is 3.24. The van der Waals surface area contributed by atoms with Gasteiger partial charge in [0.25, 0.3) is 0 Å². The van der Waals surface area contributed by atoms with Crippen molar-refractivity contribution < 1.29 is 23.4 Å². The summed E-state index contributed by atoms with van der Waals surface area (Å²) >= 11 is 0. The van der Waals surface area contributed by atoms with E-state index in [1.807, 2.05) is 39.0 Å². The Morgan fingerprint density at radius 1 is 1.00 bits per heavy atom. The fourth-order valence-corrected chi connectivity index (χ4v) is 2.82. The Bertz CT molecular complexity index is 851. The predicted molar refractivity (Wildman–Crippen MR) is 112 cm³/mol. The first-order valence-corrected chi connectivity index (χ1v) is 9.71. The summed E-state index contributed by atoms with van der Waals surface area (Å²) in [7, 11) is 1.42. The summed E-state index contributed by atoms with van der Waals surface area (Å²) in [5.74, 6) is 0.903. The maximum atomic E-state index is 13.9. The van der Waals surface area contributed by atoms with E-state index in [1.165, 1.54) is 19.3 Å². The Hall–Kier alpha value is -3.02. The van der Waals surface area contributed by atoms with Gasteiger partial charge in [-0.15, -0.1) is 0 Å². The van der Waals surface area contributed by atoms with Crippen molar-refractivity contribution in [3.63, 3.8) is 0 Å². The Morgan fingerprint density at radius 3 is 2.31 bits per heavy atom. The molecular formula is C23H28FNO4. The molecule has 0 unspecified atom stereocenters. The molecule has 0 N–H and O–H groups in total. The summed E-state index contributed by atoms with van der Waals surface area (Å²) in [6.45, 7) is 7.59. The van der Waals surface area contributed by atoms with E-state index in [4.69, 9.17) is 14.2 Å². The summed E-state index contributed by atoms with van der Waals surface area (Å²) < 4.78 is 30.0. The molecule has 0 heterocycles. The molecular weight excluding hydrogens is 373 g/mol. The highest BCUT2D eigenvalue weighted by Gasteiger charge is 2.12. The summed E-state index contributed by atoms with van der Waals surface area (Å²) in [5, 5.41) is 0. The molecule has 6 heteroatoms. The van der Waals surface area contributed by atoms with Crippen molar-refractivity contribution in [2.24, 2.45) is 0 Å². The number of hydrogen-bond donors (Lipinski definition) is 0. The van der Waals surface area contributed by atoms with E-state index in [0.717, 1.165) is 5.56 Å². The number of methoxy groups -OCH3 is 1. The van der Waals surface area contributed by atoms with Crippen molar-refractivity contribution in [2.45, 2.75) is 27.3 Å². The smallest absolute Gasteiger partial charge is 0.246 e. The lowest BCUT2D eigenvalue weighted by Gasteiger charge is -2.19. The fraction of sp³-hybridized carbons (Fsp3) is 0.348. The molecule has 156 valence electrons. The zero-order valence-electron chi connectivity index (χ0n) is 17.4. The van der Waals surface area contributed by atoms with E-state index in [9.17, 15) is 9.18 Å². The first kappa shape index (κ1) is 22.3. The molecule has 0 saturated heterocycles. The molecule has 2 aromatic carbocycles. The minimum Gasteiger partial charge on any atom is -0.494 e. The van der Waals surface area contributed by atoms with Crippen LogP contribution in [0.15, 0.2) is 42.5 Å². The molecule has 2 rings (SSSR count). The van der Waals surface area contributed by atoms with Crippen LogP contribution in [0.1, 0.15) is 31.9 Å². The van der Waals surface area contributed by atoms with Crippen LogP contribution >= 0.6 is 0 Å². The van der Waals surface area contributed by atoms with Gasteiger partial charge in [0, 0.05) is 19.2 Å². The first-order chi connectivity index (χ1) is 14.0. The van der Waals surface area contributed by atoms with Crippen LogP contribution in [0.2, 0.25) is 0 Å². The lowest BCUT2D eigenvalue weighted by Crippen LogP contribution is -2.28. The molecule has 5 nitrogen and oxygen atoms in total. The number of hydrogen-bond acceptors (Lipinski definition) is 4. The minimum absolute atomic E-state index is 0.157. The number of likely N-dealkylation sites (N-methyl/N-ethyl adjacent to an activating group) is 1. The second-order valence-electron chi connectivity index (χ2n) is 6.23. The van der Waals surface area contributed by atoms with Crippen LogP contribution in [0.4, 0.5) is 4.39 Å². The zero-order valence-corrected chi connectivity index (χ0v) is 17.4. The third kappa shape index (κ3) is 6.24. The summed E-state index contributed by atoms with van der Waals surface area (Å²) in [4.78, 5) is 14.2. The second kappa shape index (κ2) is 11.1. The number of benzene rings is 2. The number of rotatable bonds is 10. The van der Waals surface area contributed by atoms with Gasteiger partial charge in [-0.1, -0.05) is 12.1 Å². The third-order valence-corrected chi connectivity index (χ3v) is 4.27. The molecule has 0 saturated carbocycles. The van der Waals surface area contributed by atoms with Crippen LogP contribution in [-0.2, 0) is 11.3 Å². The molecule has 1 amide bonds. The highest BCUT2D eigenvalue weighted by atomic mass is 19.1. The maximum absolute atomic E-state index is 13.9. The van der Waals surface area contributed by atoms with Crippen LogP contribution in [0.25, 0.3) is 6.08 Å². The second-order valence-corrected chi connectivity index (χ2v) is 6.23. The van der Waals surface area contributed by atoms with Gasteiger partial charge in [0.2, 0.25) is 5.91 Å². The highest BCUT2D eigenvalue weighted by Crippen LogP contribution is 2.29. The van der Waals surface area contributed by atoms with Crippen molar-refractivity contribution in [1.29, 1.82) is 0 Å². The highest BCUT2D eigenvalue weighted by molar-refractivity contribution is 5.91. The van der Waals surface area contributed by atoms with Crippen molar-refractivity contribution in [1.82, 2.24) is 4.90 Å². The van der Waals surface area contributed by atoms with Gasteiger partial charge in [-0.3, -0.25) is 4.79 Å². The summed E-state index contributed by atoms with van der Waals surface area (Å²) in [5.41, 5.74) is 1.53. The number of carbonyl (C=O) groups is 1. The van der Waals surface area contributed by atoms with Crippen LogP contribution in [0.5, 0.6) is 17.2 Å². The Morgan fingerprint density at radius 2 is 1.69 bits per heavy atom. The number of nitrogens with zero attached hydrogens (tertiary/aromatic N) is 1. The number of halogens is 1. The molecule has 0 fully saturated rings. The van der Waals surface area contributed by atoms with Gasteiger partial charge in [-0.25, -0.2) is 4.39 Å². The van der Waals surface area contributed by atoms with Crippen LogP contribution in [-0.4, -0.2) is 37.7 Å². The van der Waals surface area contributed by atoms with Crippen LogP contribution in [0.3, 0.4) is 0 Å². The predicted octanol–water partition coefficient (Wildman–Crippen LogP) is 4.69. The number of amides is 1. The van der Waals surface area contributed by atoms with Gasteiger partial charge in [0.1, 0.15) is 0 Å². The van der Waals surface area contributed by atoms with Crippen molar-refractivity contribution >= 4 is 12.0 Å². The van der Waals surface area contributed by atoms with Crippen molar-refractivity contribution in [3.8, 4) is 17.2 Å². The summed E-state index contributed by atoms with van der Waals surface area (Å²) in [6, 6.07) is 10.2. The quantitative estimate of drug-likeness (QED) is 0.542. The first-order valence-electron chi connectivity index (χ1n) is 9.71. The van der Waals surface area contributed by atoms with Gasteiger partial charge in [-0.05, 0) is 62.2 Å². The van der Waals surface area contributed by atoms with Gasteiger partial charge in [0.05, 0.1) is 20.3 Å². The van der Waals surface area contributed by atoms with E-state index in [-0.39, 0.29) is 11.7 Å². The molecule has 0 radical (unpaired) electrons. The van der Waals surface area contributed by atoms with E-state index < -0.39 is 5.82 Å².